The molecule has 0 aliphatic heterocycles. The standard InChI is InChI=1S/C15H29NO/c1-3-11-16-14(12-13-7-8-13)15(17-4-2)9-5-6-10-15/h13-14,16H,3-12H2,1-2H3. The van der Waals surface area contributed by atoms with Crippen LogP contribution in [0.3, 0.4) is 0 Å². The third-order valence-corrected chi connectivity index (χ3v) is 4.42. The molecule has 0 aromatic heterocycles. The summed E-state index contributed by atoms with van der Waals surface area (Å²) in [6.07, 6.45) is 10.7. The SMILES string of the molecule is CCCNC(CC1CC1)C1(OCC)CCCC1. The molecule has 1 N–H and O–H groups in total. The highest BCUT2D eigenvalue weighted by atomic mass is 16.5. The average Bonchev–Trinajstić information content (AvgIpc) is 3.03. The lowest BCUT2D eigenvalue weighted by Gasteiger charge is -2.38. The number of rotatable bonds is 8. The second-order valence-corrected chi connectivity index (χ2v) is 5.89. The monoisotopic (exact) mass is 239 g/mol. The molecular formula is C15H29NO. The summed E-state index contributed by atoms with van der Waals surface area (Å²) in [5.41, 5.74) is 0.173. The first-order chi connectivity index (χ1) is 8.30. The maximum absolute atomic E-state index is 6.22. The first kappa shape index (κ1) is 13.4. The van der Waals surface area contributed by atoms with E-state index in [1.165, 1.54) is 51.4 Å². The Hall–Kier alpha value is -0.0800. The summed E-state index contributed by atoms with van der Waals surface area (Å²) in [7, 11) is 0. The summed E-state index contributed by atoms with van der Waals surface area (Å²) in [6.45, 7) is 6.42. The van der Waals surface area contributed by atoms with Gasteiger partial charge in [-0.1, -0.05) is 32.6 Å². The summed E-state index contributed by atoms with van der Waals surface area (Å²) < 4.78 is 6.22. The van der Waals surface area contributed by atoms with Gasteiger partial charge in [0.1, 0.15) is 0 Å². The van der Waals surface area contributed by atoms with Crippen molar-refractivity contribution in [3.63, 3.8) is 0 Å². The fraction of sp³-hybridized carbons (Fsp3) is 1.00. The molecule has 0 aromatic carbocycles. The zero-order valence-electron chi connectivity index (χ0n) is 11.6. The first-order valence-corrected chi connectivity index (χ1v) is 7.68. The molecule has 2 fully saturated rings. The van der Waals surface area contributed by atoms with Crippen LogP contribution in [-0.2, 0) is 4.74 Å². The Kier molecular flexibility index (Phi) is 4.87. The molecule has 17 heavy (non-hydrogen) atoms. The highest BCUT2D eigenvalue weighted by Gasteiger charge is 2.43. The van der Waals surface area contributed by atoms with Gasteiger partial charge in [0.15, 0.2) is 0 Å². The molecule has 2 saturated carbocycles. The number of hydrogen-bond donors (Lipinski definition) is 1. The Morgan fingerprint density at radius 1 is 1.24 bits per heavy atom. The molecule has 2 rings (SSSR count). The highest BCUT2D eigenvalue weighted by molar-refractivity contribution is 4.99. The van der Waals surface area contributed by atoms with Crippen LogP contribution in [0, 0.1) is 5.92 Å². The lowest BCUT2D eigenvalue weighted by atomic mass is 9.88. The van der Waals surface area contributed by atoms with Crippen LogP contribution in [0.1, 0.15) is 65.2 Å². The number of hydrogen-bond acceptors (Lipinski definition) is 2. The Morgan fingerprint density at radius 2 is 1.94 bits per heavy atom. The van der Waals surface area contributed by atoms with E-state index in [4.69, 9.17) is 4.74 Å². The van der Waals surface area contributed by atoms with Gasteiger partial charge in [-0.15, -0.1) is 0 Å². The van der Waals surface area contributed by atoms with Crippen LogP contribution in [0.5, 0.6) is 0 Å². The topological polar surface area (TPSA) is 21.3 Å². The van der Waals surface area contributed by atoms with Crippen molar-refractivity contribution in [2.45, 2.75) is 76.9 Å². The second-order valence-electron chi connectivity index (χ2n) is 5.89. The zero-order chi connectivity index (χ0) is 12.1. The molecule has 0 spiro atoms. The van der Waals surface area contributed by atoms with Crippen molar-refractivity contribution in [3.05, 3.63) is 0 Å². The number of nitrogens with one attached hydrogen (secondary N) is 1. The third kappa shape index (κ3) is 3.45. The predicted octanol–water partition coefficient (Wildman–Crippen LogP) is 3.50. The summed E-state index contributed by atoms with van der Waals surface area (Å²) in [5, 5.41) is 3.78. The predicted molar refractivity (Wildman–Crippen MR) is 72.2 cm³/mol. The van der Waals surface area contributed by atoms with Crippen molar-refractivity contribution in [1.82, 2.24) is 5.32 Å². The highest BCUT2D eigenvalue weighted by Crippen LogP contribution is 2.42. The molecule has 2 aliphatic carbocycles. The van der Waals surface area contributed by atoms with E-state index >= 15 is 0 Å². The van der Waals surface area contributed by atoms with Gasteiger partial charge in [0.25, 0.3) is 0 Å². The van der Waals surface area contributed by atoms with Crippen molar-refractivity contribution in [2.75, 3.05) is 13.2 Å². The van der Waals surface area contributed by atoms with Crippen LogP contribution in [-0.4, -0.2) is 24.8 Å². The Labute approximate surface area is 107 Å². The largest absolute Gasteiger partial charge is 0.374 e. The maximum Gasteiger partial charge on any atom is 0.0834 e. The van der Waals surface area contributed by atoms with E-state index < -0.39 is 0 Å². The van der Waals surface area contributed by atoms with E-state index in [-0.39, 0.29) is 5.60 Å². The van der Waals surface area contributed by atoms with Crippen molar-refractivity contribution in [2.24, 2.45) is 5.92 Å². The van der Waals surface area contributed by atoms with Crippen LogP contribution in [0.2, 0.25) is 0 Å². The minimum atomic E-state index is 0.173. The molecule has 1 atom stereocenters. The van der Waals surface area contributed by atoms with Gasteiger partial charge in [-0.3, -0.25) is 0 Å². The van der Waals surface area contributed by atoms with Crippen LogP contribution in [0.15, 0.2) is 0 Å². The minimum absolute atomic E-state index is 0.173. The lowest BCUT2D eigenvalue weighted by Crippen LogP contribution is -2.51. The van der Waals surface area contributed by atoms with Crippen LogP contribution in [0.4, 0.5) is 0 Å². The summed E-state index contributed by atoms with van der Waals surface area (Å²) in [5.74, 6) is 0.988. The normalized spacial score (nSPS) is 25.1. The van der Waals surface area contributed by atoms with Gasteiger partial charge in [-0.25, -0.2) is 0 Å². The summed E-state index contributed by atoms with van der Waals surface area (Å²) in [4.78, 5) is 0. The van der Waals surface area contributed by atoms with Gasteiger partial charge in [0, 0.05) is 12.6 Å². The van der Waals surface area contributed by atoms with Crippen molar-refractivity contribution < 1.29 is 4.74 Å². The molecule has 0 aromatic rings. The van der Waals surface area contributed by atoms with E-state index in [9.17, 15) is 0 Å². The average molecular weight is 239 g/mol. The molecule has 0 bridgehead atoms. The lowest BCUT2D eigenvalue weighted by molar-refractivity contribution is -0.0643. The van der Waals surface area contributed by atoms with Gasteiger partial charge in [-0.2, -0.15) is 0 Å². The Balaban J connectivity index is 1.97. The zero-order valence-corrected chi connectivity index (χ0v) is 11.6. The summed E-state index contributed by atoms with van der Waals surface area (Å²) >= 11 is 0. The van der Waals surface area contributed by atoms with Crippen molar-refractivity contribution in [1.29, 1.82) is 0 Å². The first-order valence-electron chi connectivity index (χ1n) is 7.68. The van der Waals surface area contributed by atoms with Gasteiger partial charge in [0.2, 0.25) is 0 Å². The third-order valence-electron chi connectivity index (χ3n) is 4.42. The molecule has 0 heterocycles. The molecule has 0 saturated heterocycles. The van der Waals surface area contributed by atoms with E-state index in [1.807, 2.05) is 0 Å². The molecule has 2 aliphatic rings. The van der Waals surface area contributed by atoms with Gasteiger partial charge >= 0.3 is 0 Å². The molecule has 0 amide bonds. The second kappa shape index (κ2) is 6.19. The van der Waals surface area contributed by atoms with E-state index in [2.05, 4.69) is 19.2 Å². The molecule has 2 heteroatoms. The fourth-order valence-electron chi connectivity index (χ4n) is 3.34. The van der Waals surface area contributed by atoms with E-state index in [0.29, 0.717) is 6.04 Å². The molecule has 0 radical (unpaired) electrons. The van der Waals surface area contributed by atoms with E-state index in [0.717, 1.165) is 19.1 Å². The Bertz CT molecular complexity index is 219. The summed E-state index contributed by atoms with van der Waals surface area (Å²) in [6, 6.07) is 0.609. The van der Waals surface area contributed by atoms with Crippen LogP contribution in [0.25, 0.3) is 0 Å². The fourth-order valence-corrected chi connectivity index (χ4v) is 3.34. The quantitative estimate of drug-likeness (QED) is 0.700. The molecule has 1 unspecified atom stereocenters. The number of ether oxygens (including phenoxy) is 1. The van der Waals surface area contributed by atoms with Crippen molar-refractivity contribution in [3.8, 4) is 0 Å². The molecular weight excluding hydrogens is 210 g/mol. The van der Waals surface area contributed by atoms with Crippen molar-refractivity contribution >= 4 is 0 Å². The van der Waals surface area contributed by atoms with E-state index in [1.54, 1.807) is 0 Å². The maximum atomic E-state index is 6.22. The van der Waals surface area contributed by atoms with Gasteiger partial charge in [0.05, 0.1) is 5.60 Å². The molecule has 100 valence electrons. The Morgan fingerprint density at radius 3 is 2.47 bits per heavy atom. The van der Waals surface area contributed by atoms with Crippen LogP contribution >= 0.6 is 0 Å². The smallest absolute Gasteiger partial charge is 0.0834 e. The van der Waals surface area contributed by atoms with Crippen LogP contribution < -0.4 is 5.32 Å². The minimum Gasteiger partial charge on any atom is -0.374 e. The van der Waals surface area contributed by atoms with Gasteiger partial charge < -0.3 is 10.1 Å². The molecule has 2 nitrogen and oxygen atoms in total. The van der Waals surface area contributed by atoms with Gasteiger partial charge in [-0.05, 0) is 45.1 Å².